The normalized spacial score (nSPS) is 9.67. The summed E-state index contributed by atoms with van der Waals surface area (Å²) in [6.07, 6.45) is 3.43. The van der Waals surface area contributed by atoms with Crippen molar-refractivity contribution in [2.24, 2.45) is 0 Å². The summed E-state index contributed by atoms with van der Waals surface area (Å²) in [7, 11) is 0. The van der Waals surface area contributed by atoms with Gasteiger partial charge in [0.1, 0.15) is 5.75 Å². The van der Waals surface area contributed by atoms with E-state index in [4.69, 9.17) is 16.9 Å². The number of aromatic hydroxyl groups is 1. The summed E-state index contributed by atoms with van der Waals surface area (Å²) < 4.78 is 0. The van der Waals surface area contributed by atoms with E-state index >= 15 is 0 Å². The molecule has 0 unspecified atom stereocenters. The van der Waals surface area contributed by atoms with E-state index in [1.54, 1.807) is 30.6 Å². The largest absolute Gasteiger partial charge is 0.508 e. The Morgan fingerprint density at radius 2 is 1.79 bits per heavy atom. The van der Waals surface area contributed by atoms with Gasteiger partial charge in [0.15, 0.2) is 0 Å². The van der Waals surface area contributed by atoms with Gasteiger partial charge in [-0.05, 0) is 42.5 Å². The number of nitriles is 1. The lowest BCUT2D eigenvalue weighted by molar-refractivity contribution is 0.475. The van der Waals surface area contributed by atoms with Gasteiger partial charge in [-0.3, -0.25) is 4.98 Å². The predicted molar refractivity (Wildman–Crippen MR) is 93.5 cm³/mol. The third-order valence-corrected chi connectivity index (χ3v) is 3.72. The predicted octanol–water partition coefficient (Wildman–Crippen LogP) is 4.38. The molecule has 0 bridgehead atoms. The first kappa shape index (κ1) is 15.6. The standard InChI is InChI=1S/C20H11ClN2O/c21-20-11-18(24)8-7-16(20)6-5-15-4-3-14(12-22)10-19(15)17-2-1-9-23-13-17/h1-4,7-11,13,24H. The zero-order valence-corrected chi connectivity index (χ0v) is 13.2. The fraction of sp³-hybridized carbons (Fsp3) is 0. The maximum atomic E-state index is 9.40. The van der Waals surface area contributed by atoms with Crippen LogP contribution >= 0.6 is 11.6 Å². The highest BCUT2D eigenvalue weighted by Gasteiger charge is 2.06. The third-order valence-electron chi connectivity index (χ3n) is 3.41. The highest BCUT2D eigenvalue weighted by Crippen LogP contribution is 2.25. The average Bonchev–Trinajstić information content (AvgIpc) is 2.61. The molecule has 0 atom stereocenters. The summed E-state index contributed by atoms with van der Waals surface area (Å²) in [5.41, 5.74) is 3.67. The molecule has 0 aliphatic heterocycles. The Bertz CT molecular complexity index is 996. The van der Waals surface area contributed by atoms with Crippen molar-refractivity contribution in [3.05, 3.63) is 82.6 Å². The second-order valence-corrected chi connectivity index (χ2v) is 5.44. The van der Waals surface area contributed by atoms with Crippen molar-refractivity contribution >= 4 is 11.6 Å². The number of hydrogen-bond donors (Lipinski definition) is 1. The van der Waals surface area contributed by atoms with Gasteiger partial charge >= 0.3 is 0 Å². The molecule has 1 aromatic heterocycles. The van der Waals surface area contributed by atoms with Crippen LogP contribution in [0.3, 0.4) is 0 Å². The molecule has 1 heterocycles. The van der Waals surface area contributed by atoms with Crippen molar-refractivity contribution < 1.29 is 5.11 Å². The molecule has 24 heavy (non-hydrogen) atoms. The van der Waals surface area contributed by atoms with Crippen LogP contribution in [0, 0.1) is 23.2 Å². The number of pyridine rings is 1. The summed E-state index contributed by atoms with van der Waals surface area (Å²) >= 11 is 6.08. The molecule has 0 spiro atoms. The van der Waals surface area contributed by atoms with Gasteiger partial charge in [-0.2, -0.15) is 5.26 Å². The molecule has 4 heteroatoms. The van der Waals surface area contributed by atoms with Gasteiger partial charge in [0, 0.05) is 34.6 Å². The van der Waals surface area contributed by atoms with Gasteiger partial charge < -0.3 is 5.11 Å². The molecule has 1 N–H and O–H groups in total. The van der Waals surface area contributed by atoms with Gasteiger partial charge in [-0.1, -0.05) is 29.5 Å². The van der Waals surface area contributed by atoms with Crippen LogP contribution in [0.15, 0.2) is 60.9 Å². The van der Waals surface area contributed by atoms with Crippen LogP contribution in [0.4, 0.5) is 0 Å². The highest BCUT2D eigenvalue weighted by atomic mass is 35.5. The van der Waals surface area contributed by atoms with E-state index < -0.39 is 0 Å². The summed E-state index contributed by atoms with van der Waals surface area (Å²) in [6, 6.07) is 15.9. The lowest BCUT2D eigenvalue weighted by Crippen LogP contribution is -1.88. The Morgan fingerprint density at radius 1 is 1.00 bits per heavy atom. The maximum absolute atomic E-state index is 9.40. The van der Waals surface area contributed by atoms with Crippen molar-refractivity contribution in [2.45, 2.75) is 0 Å². The molecule has 0 fully saturated rings. The molecule has 0 saturated heterocycles. The number of benzene rings is 2. The molecule has 0 saturated carbocycles. The van der Waals surface area contributed by atoms with E-state index in [-0.39, 0.29) is 5.75 Å². The van der Waals surface area contributed by atoms with Crippen LogP contribution in [-0.2, 0) is 0 Å². The molecule has 0 amide bonds. The molecule has 0 aliphatic rings. The van der Waals surface area contributed by atoms with Crippen molar-refractivity contribution in [1.82, 2.24) is 4.98 Å². The Balaban J connectivity index is 2.09. The minimum Gasteiger partial charge on any atom is -0.508 e. The van der Waals surface area contributed by atoms with Crippen LogP contribution in [-0.4, -0.2) is 10.1 Å². The molecule has 114 valence electrons. The Hall–Kier alpha value is -3.27. The summed E-state index contributed by atoms with van der Waals surface area (Å²) in [5.74, 6) is 6.19. The highest BCUT2D eigenvalue weighted by molar-refractivity contribution is 6.31. The van der Waals surface area contributed by atoms with E-state index in [0.29, 0.717) is 16.1 Å². The van der Waals surface area contributed by atoms with Gasteiger partial charge in [0.25, 0.3) is 0 Å². The van der Waals surface area contributed by atoms with Crippen LogP contribution in [0.2, 0.25) is 5.02 Å². The molecule has 0 radical (unpaired) electrons. The molecule has 0 aliphatic carbocycles. The summed E-state index contributed by atoms with van der Waals surface area (Å²) in [4.78, 5) is 4.12. The third kappa shape index (κ3) is 3.38. The summed E-state index contributed by atoms with van der Waals surface area (Å²) in [5, 5.41) is 18.9. The SMILES string of the molecule is N#Cc1ccc(C#Cc2ccc(O)cc2Cl)c(-c2cccnc2)c1. The van der Waals surface area contributed by atoms with Crippen LogP contribution in [0.5, 0.6) is 5.75 Å². The first-order chi connectivity index (χ1) is 11.7. The van der Waals surface area contributed by atoms with E-state index in [9.17, 15) is 5.11 Å². The summed E-state index contributed by atoms with van der Waals surface area (Å²) in [6.45, 7) is 0. The van der Waals surface area contributed by atoms with Gasteiger partial charge in [-0.25, -0.2) is 0 Å². The monoisotopic (exact) mass is 330 g/mol. The van der Waals surface area contributed by atoms with Crippen LogP contribution in [0.25, 0.3) is 11.1 Å². The quantitative estimate of drug-likeness (QED) is 0.674. The Labute approximate surface area is 144 Å². The second-order valence-electron chi connectivity index (χ2n) is 5.03. The topological polar surface area (TPSA) is 56.9 Å². The Kier molecular flexibility index (Phi) is 4.47. The number of aromatic nitrogens is 1. The van der Waals surface area contributed by atoms with Crippen LogP contribution in [0.1, 0.15) is 16.7 Å². The number of phenolic OH excluding ortho intramolecular Hbond substituents is 1. The van der Waals surface area contributed by atoms with E-state index in [1.165, 1.54) is 12.1 Å². The number of rotatable bonds is 1. The van der Waals surface area contributed by atoms with Gasteiger partial charge in [0.2, 0.25) is 0 Å². The first-order valence-corrected chi connectivity index (χ1v) is 7.50. The zero-order chi connectivity index (χ0) is 16.9. The molecule has 3 rings (SSSR count). The fourth-order valence-corrected chi connectivity index (χ4v) is 2.45. The lowest BCUT2D eigenvalue weighted by atomic mass is 9.98. The van der Waals surface area contributed by atoms with Crippen molar-refractivity contribution in [3.8, 4) is 34.8 Å². The molecular formula is C20H11ClN2O. The van der Waals surface area contributed by atoms with E-state index in [1.807, 2.05) is 18.2 Å². The minimum atomic E-state index is 0.0972. The second kappa shape index (κ2) is 6.87. The van der Waals surface area contributed by atoms with Gasteiger partial charge in [-0.15, -0.1) is 0 Å². The van der Waals surface area contributed by atoms with E-state index in [0.717, 1.165) is 16.7 Å². The van der Waals surface area contributed by atoms with E-state index in [2.05, 4.69) is 22.9 Å². The molecular weight excluding hydrogens is 320 g/mol. The van der Waals surface area contributed by atoms with Crippen molar-refractivity contribution in [2.75, 3.05) is 0 Å². The Morgan fingerprint density at radius 3 is 2.50 bits per heavy atom. The molecule has 3 aromatic rings. The van der Waals surface area contributed by atoms with Gasteiger partial charge in [0.05, 0.1) is 16.7 Å². The fourth-order valence-electron chi connectivity index (χ4n) is 2.22. The smallest absolute Gasteiger partial charge is 0.117 e. The molecule has 3 nitrogen and oxygen atoms in total. The number of hydrogen-bond acceptors (Lipinski definition) is 3. The number of nitrogens with zero attached hydrogens (tertiary/aromatic N) is 2. The minimum absolute atomic E-state index is 0.0972. The number of phenols is 1. The maximum Gasteiger partial charge on any atom is 0.117 e. The lowest BCUT2D eigenvalue weighted by Gasteiger charge is -2.05. The average molecular weight is 331 g/mol. The first-order valence-electron chi connectivity index (χ1n) is 7.12. The van der Waals surface area contributed by atoms with Crippen molar-refractivity contribution in [3.63, 3.8) is 0 Å². The number of halogens is 1. The van der Waals surface area contributed by atoms with Crippen LogP contribution < -0.4 is 0 Å². The molecule has 2 aromatic carbocycles. The van der Waals surface area contributed by atoms with Crippen molar-refractivity contribution in [1.29, 1.82) is 5.26 Å². The zero-order valence-electron chi connectivity index (χ0n) is 12.5.